The maximum atomic E-state index is 12.7. The molecule has 0 spiro atoms. The summed E-state index contributed by atoms with van der Waals surface area (Å²) in [6.07, 6.45) is 3.92. The smallest absolute Gasteiger partial charge is 0.251 e. The van der Waals surface area contributed by atoms with Gasteiger partial charge in [0.05, 0.1) is 17.8 Å². The topological polar surface area (TPSA) is 67.4 Å². The first-order chi connectivity index (χ1) is 13.5. The maximum absolute atomic E-state index is 12.7. The number of nitrogens with zero attached hydrogens (tertiary/aromatic N) is 3. The molecule has 0 radical (unpaired) electrons. The fourth-order valence-corrected chi connectivity index (χ4v) is 3.71. The number of likely N-dealkylation sites (tertiary alicyclic amines) is 1. The summed E-state index contributed by atoms with van der Waals surface area (Å²) in [5, 5.41) is 3.13. The predicted octanol–water partition coefficient (Wildman–Crippen LogP) is 2.85. The summed E-state index contributed by atoms with van der Waals surface area (Å²) in [4.78, 5) is 23.8. The molecule has 150 valence electrons. The van der Waals surface area contributed by atoms with E-state index in [1.807, 2.05) is 51.4 Å². The standard InChI is InChI=1S/C22H30N4O2/c1-5-7-18-12-23-15(3)24-21(18)16-8-10-17(11-9-16)22(27)25-19-13-26(4)14-20(19)28-6-2/h8-12,19-20H,5-7,13-14H2,1-4H3,(H,25,27)/t19-,20-/m0/s1. The third-order valence-corrected chi connectivity index (χ3v) is 5.07. The van der Waals surface area contributed by atoms with Crippen molar-refractivity contribution in [2.24, 2.45) is 0 Å². The predicted molar refractivity (Wildman–Crippen MR) is 110 cm³/mol. The second-order valence-corrected chi connectivity index (χ2v) is 7.41. The van der Waals surface area contributed by atoms with Crippen molar-refractivity contribution in [3.05, 3.63) is 47.4 Å². The van der Waals surface area contributed by atoms with Gasteiger partial charge in [-0.15, -0.1) is 0 Å². The summed E-state index contributed by atoms with van der Waals surface area (Å²) >= 11 is 0. The summed E-state index contributed by atoms with van der Waals surface area (Å²) < 4.78 is 5.78. The van der Waals surface area contributed by atoms with Crippen LogP contribution in [-0.4, -0.2) is 59.7 Å². The molecule has 0 unspecified atom stereocenters. The van der Waals surface area contributed by atoms with Crippen molar-refractivity contribution in [3.63, 3.8) is 0 Å². The average Bonchev–Trinajstić information content (AvgIpc) is 3.02. The minimum absolute atomic E-state index is 0.0118. The number of ether oxygens (including phenoxy) is 1. The highest BCUT2D eigenvalue weighted by Gasteiger charge is 2.32. The van der Waals surface area contributed by atoms with Crippen molar-refractivity contribution in [2.45, 2.75) is 45.8 Å². The third kappa shape index (κ3) is 4.75. The average molecular weight is 383 g/mol. The van der Waals surface area contributed by atoms with Gasteiger partial charge in [-0.1, -0.05) is 25.5 Å². The monoisotopic (exact) mass is 382 g/mol. The Labute approximate surface area is 167 Å². The summed E-state index contributed by atoms with van der Waals surface area (Å²) in [5.41, 5.74) is 3.75. The summed E-state index contributed by atoms with van der Waals surface area (Å²) in [7, 11) is 2.05. The normalized spacial score (nSPS) is 19.7. The van der Waals surface area contributed by atoms with Crippen LogP contribution in [0.25, 0.3) is 11.3 Å². The first kappa shape index (κ1) is 20.4. The Morgan fingerprint density at radius 1 is 1.25 bits per heavy atom. The van der Waals surface area contributed by atoms with Crippen LogP contribution in [0.2, 0.25) is 0 Å². The van der Waals surface area contributed by atoms with Crippen LogP contribution in [0.1, 0.15) is 42.0 Å². The molecule has 1 amide bonds. The first-order valence-electron chi connectivity index (χ1n) is 10.1. The van der Waals surface area contributed by atoms with Gasteiger partial charge in [-0.2, -0.15) is 0 Å². The first-order valence-corrected chi connectivity index (χ1v) is 10.1. The van der Waals surface area contributed by atoms with E-state index in [4.69, 9.17) is 4.74 Å². The fourth-order valence-electron chi connectivity index (χ4n) is 3.71. The molecule has 2 aromatic rings. The van der Waals surface area contributed by atoms with Gasteiger partial charge in [-0.25, -0.2) is 9.97 Å². The van der Waals surface area contributed by atoms with E-state index < -0.39 is 0 Å². The maximum Gasteiger partial charge on any atom is 0.251 e. The highest BCUT2D eigenvalue weighted by molar-refractivity contribution is 5.95. The molecule has 1 aromatic heterocycles. The molecular formula is C22H30N4O2. The highest BCUT2D eigenvalue weighted by Crippen LogP contribution is 2.23. The Hall–Kier alpha value is -2.31. The molecule has 1 saturated heterocycles. The minimum atomic E-state index is -0.0656. The van der Waals surface area contributed by atoms with E-state index in [0.717, 1.165) is 48.6 Å². The lowest BCUT2D eigenvalue weighted by molar-refractivity contribution is 0.0513. The number of amides is 1. The molecule has 1 N–H and O–H groups in total. The van der Waals surface area contributed by atoms with Crippen LogP contribution in [-0.2, 0) is 11.2 Å². The molecule has 28 heavy (non-hydrogen) atoms. The Bertz CT molecular complexity index is 807. The van der Waals surface area contributed by atoms with Crippen molar-refractivity contribution >= 4 is 5.91 Å². The van der Waals surface area contributed by atoms with Gasteiger partial charge in [0.25, 0.3) is 5.91 Å². The molecular weight excluding hydrogens is 352 g/mol. The molecule has 6 nitrogen and oxygen atoms in total. The van der Waals surface area contributed by atoms with Gasteiger partial charge in [-0.05, 0) is 45.0 Å². The molecule has 2 heterocycles. The van der Waals surface area contributed by atoms with Crippen LogP contribution >= 0.6 is 0 Å². The Balaban J connectivity index is 1.74. The lowest BCUT2D eigenvalue weighted by Crippen LogP contribution is -2.43. The number of hydrogen-bond donors (Lipinski definition) is 1. The molecule has 6 heteroatoms. The number of hydrogen-bond acceptors (Lipinski definition) is 5. The van der Waals surface area contributed by atoms with Crippen LogP contribution in [0.15, 0.2) is 30.5 Å². The molecule has 0 saturated carbocycles. The molecule has 1 aliphatic rings. The van der Waals surface area contributed by atoms with E-state index in [1.54, 1.807) is 0 Å². The lowest BCUT2D eigenvalue weighted by Gasteiger charge is -2.20. The molecule has 1 aliphatic heterocycles. The van der Waals surface area contributed by atoms with Gasteiger partial charge in [0.2, 0.25) is 0 Å². The second kappa shape index (κ2) is 9.26. The SMILES string of the molecule is CCCc1cnc(C)nc1-c1ccc(C(=O)N[C@H]2CN(C)C[C@@H]2OCC)cc1. The van der Waals surface area contributed by atoms with Crippen molar-refractivity contribution in [2.75, 3.05) is 26.7 Å². The summed E-state index contributed by atoms with van der Waals surface area (Å²) in [5.74, 6) is 0.688. The zero-order valence-corrected chi connectivity index (χ0v) is 17.2. The quantitative estimate of drug-likeness (QED) is 0.798. The van der Waals surface area contributed by atoms with Gasteiger partial charge in [0.15, 0.2) is 0 Å². The second-order valence-electron chi connectivity index (χ2n) is 7.41. The molecule has 1 aromatic carbocycles. The van der Waals surface area contributed by atoms with Crippen LogP contribution < -0.4 is 5.32 Å². The molecule has 0 bridgehead atoms. The number of carbonyl (C=O) groups excluding carboxylic acids is 1. The van der Waals surface area contributed by atoms with E-state index in [-0.39, 0.29) is 18.1 Å². The number of rotatable bonds is 7. The Morgan fingerprint density at radius 3 is 2.68 bits per heavy atom. The van der Waals surface area contributed by atoms with Gasteiger partial charge in [-0.3, -0.25) is 4.79 Å². The third-order valence-electron chi connectivity index (χ3n) is 5.07. The minimum Gasteiger partial charge on any atom is -0.375 e. The zero-order valence-electron chi connectivity index (χ0n) is 17.2. The molecule has 2 atom stereocenters. The van der Waals surface area contributed by atoms with E-state index in [2.05, 4.69) is 27.1 Å². The highest BCUT2D eigenvalue weighted by atomic mass is 16.5. The lowest BCUT2D eigenvalue weighted by atomic mass is 10.0. The van der Waals surface area contributed by atoms with Gasteiger partial charge in [0.1, 0.15) is 5.82 Å². The number of aryl methyl sites for hydroxylation is 2. The molecule has 3 rings (SSSR count). The largest absolute Gasteiger partial charge is 0.375 e. The number of aromatic nitrogens is 2. The van der Waals surface area contributed by atoms with E-state index in [9.17, 15) is 4.79 Å². The van der Waals surface area contributed by atoms with Crippen molar-refractivity contribution in [3.8, 4) is 11.3 Å². The Morgan fingerprint density at radius 2 is 2.00 bits per heavy atom. The van der Waals surface area contributed by atoms with Crippen LogP contribution in [0, 0.1) is 6.92 Å². The fraction of sp³-hybridized carbons (Fsp3) is 0.500. The van der Waals surface area contributed by atoms with Crippen molar-refractivity contribution in [1.29, 1.82) is 0 Å². The van der Waals surface area contributed by atoms with E-state index in [1.165, 1.54) is 0 Å². The number of likely N-dealkylation sites (N-methyl/N-ethyl adjacent to an activating group) is 1. The van der Waals surface area contributed by atoms with Gasteiger partial charge in [0, 0.05) is 37.0 Å². The summed E-state index contributed by atoms with van der Waals surface area (Å²) in [6, 6.07) is 7.68. The Kier molecular flexibility index (Phi) is 6.75. The number of benzene rings is 1. The van der Waals surface area contributed by atoms with E-state index in [0.29, 0.717) is 12.2 Å². The number of nitrogens with one attached hydrogen (secondary N) is 1. The molecule has 1 fully saturated rings. The summed E-state index contributed by atoms with van der Waals surface area (Å²) in [6.45, 7) is 8.32. The van der Waals surface area contributed by atoms with Gasteiger partial charge >= 0.3 is 0 Å². The van der Waals surface area contributed by atoms with Crippen molar-refractivity contribution in [1.82, 2.24) is 20.2 Å². The van der Waals surface area contributed by atoms with Crippen molar-refractivity contribution < 1.29 is 9.53 Å². The van der Waals surface area contributed by atoms with Crippen LogP contribution in [0.4, 0.5) is 0 Å². The molecule has 0 aliphatic carbocycles. The van der Waals surface area contributed by atoms with Gasteiger partial charge < -0.3 is 15.0 Å². The van der Waals surface area contributed by atoms with Crippen LogP contribution in [0.3, 0.4) is 0 Å². The van der Waals surface area contributed by atoms with E-state index >= 15 is 0 Å². The number of carbonyl (C=O) groups is 1. The van der Waals surface area contributed by atoms with Crippen LogP contribution in [0.5, 0.6) is 0 Å². The zero-order chi connectivity index (χ0) is 20.1.